The zero-order chi connectivity index (χ0) is 25.8. The maximum absolute atomic E-state index is 13.5. The number of thiazole rings is 1. The molecule has 2 amide bonds. The van der Waals surface area contributed by atoms with Gasteiger partial charge in [0.05, 0.1) is 0 Å². The minimum absolute atomic E-state index is 0.0549. The second kappa shape index (κ2) is 10.2. The fraction of sp³-hybridized carbons (Fsp3) is 0.217. The molecule has 35 heavy (non-hydrogen) atoms. The average Bonchev–Trinajstić information content (AvgIpc) is 3.22. The average molecular weight is 509 g/mol. The molecule has 0 saturated carbocycles. The topological polar surface area (TPSA) is 97.4 Å². The van der Waals surface area contributed by atoms with Crippen molar-refractivity contribution in [3.05, 3.63) is 82.1 Å². The SMILES string of the molecule is CC(C)(NC(=O)OCc1ccccc1)C(=O)Nc1nc(C(F)(F)F)c(C(=O)c2ccc(F)cc2)s1. The molecular weight excluding hydrogens is 490 g/mol. The van der Waals surface area contributed by atoms with E-state index in [9.17, 15) is 31.9 Å². The van der Waals surface area contributed by atoms with Crippen molar-refractivity contribution in [2.24, 2.45) is 0 Å². The number of rotatable bonds is 7. The van der Waals surface area contributed by atoms with E-state index in [2.05, 4.69) is 15.6 Å². The number of ether oxygens (including phenoxy) is 1. The van der Waals surface area contributed by atoms with Gasteiger partial charge in [-0.2, -0.15) is 13.2 Å². The molecule has 0 saturated heterocycles. The smallest absolute Gasteiger partial charge is 0.435 e. The van der Waals surface area contributed by atoms with Crippen LogP contribution in [-0.2, 0) is 22.3 Å². The van der Waals surface area contributed by atoms with Crippen LogP contribution in [0.25, 0.3) is 0 Å². The largest absolute Gasteiger partial charge is 0.445 e. The van der Waals surface area contributed by atoms with Gasteiger partial charge in [-0.3, -0.25) is 14.9 Å². The van der Waals surface area contributed by atoms with E-state index in [4.69, 9.17) is 4.74 Å². The van der Waals surface area contributed by atoms with E-state index >= 15 is 0 Å². The van der Waals surface area contributed by atoms with Crippen molar-refractivity contribution >= 4 is 34.3 Å². The first-order valence-corrected chi connectivity index (χ1v) is 10.9. The number of ketones is 1. The Hall–Kier alpha value is -3.80. The Morgan fingerprint density at radius 1 is 1.00 bits per heavy atom. The highest BCUT2D eigenvalue weighted by atomic mass is 32.1. The zero-order valence-electron chi connectivity index (χ0n) is 18.4. The summed E-state index contributed by atoms with van der Waals surface area (Å²) in [6, 6.07) is 12.7. The van der Waals surface area contributed by atoms with Gasteiger partial charge in [0.15, 0.2) is 10.8 Å². The molecule has 3 aromatic rings. The molecule has 0 aliphatic carbocycles. The van der Waals surface area contributed by atoms with Crippen LogP contribution in [0.3, 0.4) is 0 Å². The number of halogens is 4. The Bertz CT molecular complexity index is 1230. The third-order valence-electron chi connectivity index (χ3n) is 4.62. The van der Waals surface area contributed by atoms with Gasteiger partial charge in [0.2, 0.25) is 5.78 Å². The number of carbonyl (C=O) groups is 3. The number of nitrogens with zero attached hydrogens (tertiary/aromatic N) is 1. The van der Waals surface area contributed by atoms with Crippen molar-refractivity contribution in [2.45, 2.75) is 32.2 Å². The van der Waals surface area contributed by atoms with Crippen molar-refractivity contribution < 1.29 is 36.7 Å². The lowest BCUT2D eigenvalue weighted by atomic mass is 10.1. The number of nitrogens with one attached hydrogen (secondary N) is 2. The number of anilines is 1. The van der Waals surface area contributed by atoms with Crippen LogP contribution >= 0.6 is 11.3 Å². The maximum Gasteiger partial charge on any atom is 0.435 e. The maximum atomic E-state index is 13.5. The molecule has 1 aromatic heterocycles. The van der Waals surface area contributed by atoms with Crippen LogP contribution in [0.2, 0.25) is 0 Å². The van der Waals surface area contributed by atoms with E-state index in [1.807, 2.05) is 0 Å². The van der Waals surface area contributed by atoms with Gasteiger partial charge in [-0.05, 0) is 43.7 Å². The molecule has 2 aromatic carbocycles. The molecular formula is C23H19F4N3O4S. The Morgan fingerprint density at radius 3 is 2.23 bits per heavy atom. The standard InChI is InChI=1S/C23H19F4N3O4S/c1-22(2,30-21(33)34-12-13-6-4-3-5-7-13)19(32)29-20-28-18(23(25,26)27)17(35-20)16(31)14-8-10-15(24)11-9-14/h3-11H,12H2,1-2H3,(H,30,33)(H,28,29,32). The predicted octanol–water partition coefficient (Wildman–Crippen LogP) is 5.18. The normalized spacial score (nSPS) is 11.6. The van der Waals surface area contributed by atoms with Crippen molar-refractivity contribution in [1.82, 2.24) is 10.3 Å². The number of benzene rings is 2. The number of alkyl carbamates (subject to hydrolysis) is 1. The summed E-state index contributed by atoms with van der Waals surface area (Å²) >= 11 is 0.314. The first-order chi connectivity index (χ1) is 16.4. The Balaban J connectivity index is 1.73. The number of amides is 2. The highest BCUT2D eigenvalue weighted by molar-refractivity contribution is 7.18. The van der Waals surface area contributed by atoms with Gasteiger partial charge >= 0.3 is 12.3 Å². The molecule has 2 N–H and O–H groups in total. The van der Waals surface area contributed by atoms with Gasteiger partial charge in [0.25, 0.3) is 5.91 Å². The molecule has 0 aliphatic rings. The van der Waals surface area contributed by atoms with E-state index in [1.54, 1.807) is 30.3 Å². The van der Waals surface area contributed by atoms with Crippen LogP contribution in [0.15, 0.2) is 54.6 Å². The second-order valence-electron chi connectivity index (χ2n) is 7.80. The van der Waals surface area contributed by atoms with Crippen molar-refractivity contribution in [3.63, 3.8) is 0 Å². The third-order valence-corrected chi connectivity index (χ3v) is 5.59. The van der Waals surface area contributed by atoms with Gasteiger partial charge in [-0.15, -0.1) is 0 Å². The summed E-state index contributed by atoms with van der Waals surface area (Å²) in [7, 11) is 0. The summed E-state index contributed by atoms with van der Waals surface area (Å²) < 4.78 is 58.7. The first-order valence-electron chi connectivity index (χ1n) is 10.1. The van der Waals surface area contributed by atoms with Gasteiger partial charge in [-0.1, -0.05) is 41.7 Å². The lowest BCUT2D eigenvalue weighted by Gasteiger charge is -2.24. The summed E-state index contributed by atoms with van der Waals surface area (Å²) in [5.41, 5.74) is -2.55. The molecule has 0 spiro atoms. The fourth-order valence-corrected chi connectivity index (χ4v) is 3.72. The number of carbonyl (C=O) groups excluding carboxylic acids is 3. The molecule has 0 fully saturated rings. The quantitative estimate of drug-likeness (QED) is 0.338. The summed E-state index contributed by atoms with van der Waals surface area (Å²) in [6.45, 7) is 2.57. The third kappa shape index (κ3) is 6.63. The van der Waals surface area contributed by atoms with E-state index in [0.717, 1.165) is 24.3 Å². The van der Waals surface area contributed by atoms with Crippen molar-refractivity contribution in [2.75, 3.05) is 5.32 Å². The summed E-state index contributed by atoms with van der Waals surface area (Å²) in [5.74, 6) is -2.58. The van der Waals surface area contributed by atoms with Gasteiger partial charge in [0, 0.05) is 5.56 Å². The Kier molecular flexibility index (Phi) is 7.54. The molecule has 3 rings (SSSR count). The lowest BCUT2D eigenvalue weighted by molar-refractivity contribution is -0.141. The molecule has 0 unspecified atom stereocenters. The number of hydrogen-bond donors (Lipinski definition) is 2. The molecule has 0 aliphatic heterocycles. The van der Waals surface area contributed by atoms with Gasteiger partial charge in [0.1, 0.15) is 22.8 Å². The lowest BCUT2D eigenvalue weighted by Crippen LogP contribution is -2.52. The van der Waals surface area contributed by atoms with Gasteiger partial charge < -0.3 is 10.1 Å². The monoisotopic (exact) mass is 509 g/mol. The van der Waals surface area contributed by atoms with E-state index in [0.29, 0.717) is 16.9 Å². The second-order valence-corrected chi connectivity index (χ2v) is 8.80. The number of alkyl halides is 3. The molecule has 7 nitrogen and oxygen atoms in total. The first kappa shape index (κ1) is 25.8. The van der Waals surface area contributed by atoms with Crippen LogP contribution in [-0.4, -0.2) is 28.3 Å². The summed E-state index contributed by atoms with van der Waals surface area (Å²) in [6.07, 6.45) is -5.91. The van der Waals surface area contributed by atoms with Crippen LogP contribution in [0.1, 0.15) is 40.3 Å². The number of hydrogen-bond acceptors (Lipinski definition) is 6. The summed E-state index contributed by atoms with van der Waals surface area (Å²) in [5, 5.41) is 4.03. The molecule has 0 radical (unpaired) electrons. The molecule has 184 valence electrons. The van der Waals surface area contributed by atoms with Crippen molar-refractivity contribution in [1.29, 1.82) is 0 Å². The van der Waals surface area contributed by atoms with Crippen LogP contribution in [0.5, 0.6) is 0 Å². The van der Waals surface area contributed by atoms with E-state index in [1.165, 1.54) is 13.8 Å². The van der Waals surface area contributed by atoms with Crippen LogP contribution < -0.4 is 10.6 Å². The minimum atomic E-state index is -4.99. The minimum Gasteiger partial charge on any atom is -0.445 e. The van der Waals surface area contributed by atoms with E-state index < -0.39 is 51.0 Å². The highest BCUT2D eigenvalue weighted by Gasteiger charge is 2.40. The predicted molar refractivity (Wildman–Crippen MR) is 119 cm³/mol. The van der Waals surface area contributed by atoms with Gasteiger partial charge in [-0.25, -0.2) is 14.2 Å². The van der Waals surface area contributed by atoms with Crippen LogP contribution in [0, 0.1) is 5.82 Å². The zero-order valence-corrected chi connectivity index (χ0v) is 19.2. The Labute approximate surface area is 201 Å². The molecule has 1 heterocycles. The van der Waals surface area contributed by atoms with Crippen molar-refractivity contribution in [3.8, 4) is 0 Å². The fourth-order valence-electron chi connectivity index (χ4n) is 2.78. The molecule has 12 heteroatoms. The number of aromatic nitrogens is 1. The molecule has 0 bridgehead atoms. The molecule has 0 atom stereocenters. The summed E-state index contributed by atoms with van der Waals surface area (Å²) in [4.78, 5) is 40.0. The highest BCUT2D eigenvalue weighted by Crippen LogP contribution is 2.37. The van der Waals surface area contributed by atoms with E-state index in [-0.39, 0.29) is 12.2 Å². The Morgan fingerprint density at radius 2 is 1.63 bits per heavy atom. The van der Waals surface area contributed by atoms with Crippen LogP contribution in [0.4, 0.5) is 27.5 Å².